The van der Waals surface area contributed by atoms with Crippen molar-refractivity contribution in [3.05, 3.63) is 106 Å². The number of likely N-dealkylation sites (tertiary alicyclic amines) is 1. The predicted octanol–water partition coefficient (Wildman–Crippen LogP) is -4.06. The molecule has 2 aliphatic heterocycles. The molecule has 122 heavy (non-hydrogen) atoms. The molecule has 0 bridgehead atoms. The molecule has 2 fully saturated rings. The summed E-state index contributed by atoms with van der Waals surface area (Å²) in [5.41, 5.74) is 17.4. The lowest BCUT2D eigenvalue weighted by atomic mass is 9.75. The van der Waals surface area contributed by atoms with Crippen molar-refractivity contribution in [2.75, 3.05) is 32.4 Å². The third kappa shape index (κ3) is 30.0. The van der Waals surface area contributed by atoms with Crippen LogP contribution >= 0.6 is 15.9 Å². The van der Waals surface area contributed by atoms with E-state index in [9.17, 15) is 80.4 Å². The molecule has 21 N–H and O–H groups in total. The van der Waals surface area contributed by atoms with Crippen molar-refractivity contribution in [2.24, 2.45) is 34.5 Å². The van der Waals surface area contributed by atoms with Gasteiger partial charge in [-0.3, -0.25) is 86.9 Å². The molecule has 3 aromatic carbocycles. The summed E-state index contributed by atoms with van der Waals surface area (Å²) in [7, 11) is -4.74. The number of ketones is 1. The summed E-state index contributed by atoms with van der Waals surface area (Å²) < 4.78 is 45.1. The third-order valence-electron chi connectivity index (χ3n) is 20.5. The zero-order valence-electron chi connectivity index (χ0n) is 68.9. The first-order chi connectivity index (χ1) is 57.3. The maximum Gasteiger partial charge on any atom is 0.325 e. The maximum atomic E-state index is 15.3. The number of halogens is 1. The number of nitrogens with one attached hydrogen (secondary N) is 14. The number of nitrogens with zero attached hydrogens (tertiary/aromatic N) is 2. The normalized spacial score (nSPS) is 20.4. The first-order valence-electron chi connectivity index (χ1n) is 39.4. The number of carbonyl (C=O) groups excluding carboxylic acids is 17. The smallest absolute Gasteiger partial charge is 0.325 e. The molecule has 6 rings (SSSR count). The lowest BCUT2D eigenvalue weighted by Crippen LogP contribution is -2.63. The number of aliphatic hydroxyl groups is 1. The highest BCUT2D eigenvalue weighted by Crippen LogP contribution is 2.32. The van der Waals surface area contributed by atoms with Gasteiger partial charge in [0.15, 0.2) is 11.7 Å². The van der Waals surface area contributed by atoms with Crippen LogP contribution in [-0.4, -0.2) is 257 Å². The summed E-state index contributed by atoms with van der Waals surface area (Å²) in [4.78, 5) is 245. The Kier molecular flexibility index (Phi) is 36.9. The number of likely N-dealkylation sites (N-methyl/N-ethyl adjacent to an activating group) is 1. The van der Waals surface area contributed by atoms with Gasteiger partial charge in [-0.05, 0) is 99.1 Å². The average Bonchev–Trinajstić information content (AvgIpc) is 1.61. The number of carbonyl (C=O) groups is 17. The van der Waals surface area contributed by atoms with Crippen LogP contribution in [0.1, 0.15) is 123 Å². The number of nitrogens with two attached hydrogens (primary N) is 3. The Morgan fingerprint density at radius 2 is 1.36 bits per heavy atom. The number of primary amides is 2. The van der Waals surface area contributed by atoms with E-state index < -0.39 is 257 Å². The number of fused-ring (bicyclic) bond motifs is 1. The number of hydrogen-bond acceptors (Lipinski definition) is 23. The van der Waals surface area contributed by atoms with Crippen LogP contribution in [0.4, 0.5) is 0 Å². The molecule has 2 aliphatic rings. The van der Waals surface area contributed by atoms with Crippen LogP contribution < -0.4 is 81.0 Å². The van der Waals surface area contributed by atoms with Gasteiger partial charge in [-0.15, -0.1) is 0 Å². The minimum Gasteiger partial charge on any atom is -0.748 e. The number of Topliss-reactive ketones (excluding diaryl/α,β-unsaturated/α-hetero) is 1. The molecule has 666 valence electrons. The maximum absolute atomic E-state index is 15.3. The van der Waals surface area contributed by atoms with E-state index in [2.05, 4.69) is 84.7 Å². The van der Waals surface area contributed by atoms with E-state index in [0.717, 1.165) is 25.4 Å². The molecule has 15 amide bonds. The second-order valence-corrected chi connectivity index (χ2v) is 33.8. The number of aliphatic hydroxyl groups excluding tert-OH is 1. The Labute approximate surface area is 712 Å². The number of hydrogen-bond donors (Lipinski definition) is 18. The van der Waals surface area contributed by atoms with Gasteiger partial charge in [0.2, 0.25) is 89.1 Å². The lowest BCUT2D eigenvalue weighted by molar-refractivity contribution is -0.155. The molecule has 0 spiro atoms. The number of cyclic esters (lactones) is 1. The topological polar surface area (TPSA) is 645 Å². The van der Waals surface area contributed by atoms with Crippen LogP contribution in [-0.2, 0) is 116 Å². The second kappa shape index (κ2) is 45.6. The van der Waals surface area contributed by atoms with Gasteiger partial charge in [-0.1, -0.05) is 111 Å². The van der Waals surface area contributed by atoms with Gasteiger partial charge in [0.05, 0.1) is 34.4 Å². The van der Waals surface area contributed by atoms with Crippen molar-refractivity contribution in [1.29, 1.82) is 5.41 Å². The fourth-order valence-corrected chi connectivity index (χ4v) is 14.7. The van der Waals surface area contributed by atoms with Crippen LogP contribution in [0.3, 0.4) is 0 Å². The first-order valence-corrected chi connectivity index (χ1v) is 41.7. The zero-order chi connectivity index (χ0) is 90.8. The third-order valence-corrected chi connectivity index (χ3v) is 21.8. The van der Waals surface area contributed by atoms with Crippen LogP contribution in [0.25, 0.3) is 10.9 Å². The number of para-hydroxylation sites is 1. The van der Waals surface area contributed by atoms with Crippen molar-refractivity contribution in [3.63, 3.8) is 0 Å². The molecular weight excluding hydrogens is 1680 g/mol. The van der Waals surface area contributed by atoms with E-state index in [1.165, 1.54) is 11.8 Å². The van der Waals surface area contributed by atoms with Crippen LogP contribution in [0.2, 0.25) is 0 Å². The molecule has 0 aliphatic carbocycles. The van der Waals surface area contributed by atoms with Gasteiger partial charge in [0, 0.05) is 79.7 Å². The molecule has 2 saturated heterocycles. The molecule has 0 saturated carbocycles. The predicted molar refractivity (Wildman–Crippen MR) is 441 cm³/mol. The number of ether oxygens (including phenoxy) is 1. The van der Waals surface area contributed by atoms with E-state index in [4.69, 9.17) is 27.3 Å². The summed E-state index contributed by atoms with van der Waals surface area (Å²) in [6, 6.07) is 0.927. The molecule has 1 unspecified atom stereocenters. The molecule has 0 radical (unpaired) electrons. The highest BCUT2D eigenvalue weighted by Gasteiger charge is 2.45. The Hall–Kier alpha value is -12.0. The number of aromatic amines is 1. The van der Waals surface area contributed by atoms with E-state index in [0.29, 0.717) is 45.3 Å². The lowest BCUT2D eigenvalue weighted by Gasteiger charge is -2.34. The number of esters is 1. The molecule has 43 heteroatoms. The van der Waals surface area contributed by atoms with Crippen LogP contribution in [0.5, 0.6) is 0 Å². The Morgan fingerprint density at radius 1 is 0.738 bits per heavy atom. The summed E-state index contributed by atoms with van der Waals surface area (Å²) in [6.45, 7) is 10.4. The molecule has 4 aromatic rings. The standard InChI is InChI=1S/C79H110BrN19O22S/c1-40(2)63(95-74(114)58-22-16-30-99(58)76(116)55(93-66(106)41(3)88-39-100)32-45-23-25-47(80)26-24-45)59(102)34-49(79(6,7)8)67(107)90-53(33-46-36-86-50-20-14-13-19-48(46)50)70(110)89-51(21-15-29-85-78(83)84)69(109)94-56(38-122(118,119)120)72(112)97-65-43(5)121-62(105)37-87-68(108)54(35-61(82)104)92-75(115)64(42(4)101)96-71(111)52(31-44-17-11-10-12-18-44)91-73(113)57(27-28-60(81)103)98(9)77(65)117/h10-14,17-20,23-26,36,39-43,49,51-58,63-65,86,101H,15-16,21-22,27-35,37-38H2,1-9H3,(H2,81,103)(H2,82,104)(H,87,108)(H,88,100)(H,89,110)(H,90,107)(H,91,113)(H,92,115)(H,93,106)(H,94,109)(H,95,114)(H,96,111)(H,97,112)(H4,83,84,85)(H,118,119,120)/p-1/t41-,42-,43-,49-,51+,52-,53-,54+,55+,56-,57+,58+,63-,64?,65+/m1/s1. The second-order valence-electron chi connectivity index (χ2n) is 31.4. The van der Waals surface area contributed by atoms with E-state index in [1.807, 2.05) is 0 Å². The highest BCUT2D eigenvalue weighted by atomic mass is 79.9. The van der Waals surface area contributed by atoms with E-state index in [-0.39, 0.29) is 45.2 Å². The number of benzene rings is 3. The molecule has 41 nitrogen and oxygen atoms in total. The quantitative estimate of drug-likeness (QED) is 0.00510. The molecule has 15 atom stereocenters. The Bertz CT molecular complexity index is 4610. The van der Waals surface area contributed by atoms with Crippen molar-refractivity contribution in [3.8, 4) is 0 Å². The van der Waals surface area contributed by atoms with Gasteiger partial charge in [-0.2, -0.15) is 0 Å². The van der Waals surface area contributed by atoms with Crippen molar-refractivity contribution in [1.82, 2.24) is 78.6 Å². The van der Waals surface area contributed by atoms with Gasteiger partial charge in [-0.25, -0.2) is 8.42 Å². The van der Waals surface area contributed by atoms with Gasteiger partial charge >= 0.3 is 5.97 Å². The summed E-state index contributed by atoms with van der Waals surface area (Å²) in [5, 5.41) is 48.3. The Balaban J connectivity index is 1.35. The number of guanidine groups is 1. The van der Waals surface area contributed by atoms with Crippen molar-refractivity contribution >= 4 is 144 Å². The van der Waals surface area contributed by atoms with Crippen LogP contribution in [0, 0.1) is 22.7 Å². The largest absolute Gasteiger partial charge is 0.748 e. The molecule has 3 heterocycles. The molecular formula is C79H109BrN19O22S-. The summed E-state index contributed by atoms with van der Waals surface area (Å²) in [6.07, 6.45) is -5.61. The minimum absolute atomic E-state index is 0.00586. The number of rotatable bonds is 37. The first kappa shape index (κ1) is 98.8. The zero-order valence-corrected chi connectivity index (χ0v) is 71.3. The Morgan fingerprint density at radius 3 is 1.98 bits per heavy atom. The van der Waals surface area contributed by atoms with Gasteiger partial charge < -0.3 is 110 Å². The van der Waals surface area contributed by atoms with Crippen LogP contribution in [0.15, 0.2) is 89.5 Å². The summed E-state index contributed by atoms with van der Waals surface area (Å²) >= 11 is 3.39. The fourth-order valence-electron chi connectivity index (χ4n) is 13.8. The minimum atomic E-state index is -5.69. The highest BCUT2D eigenvalue weighted by molar-refractivity contribution is 9.10. The van der Waals surface area contributed by atoms with E-state index >= 15 is 19.2 Å². The number of H-pyrrole nitrogens is 1. The van der Waals surface area contributed by atoms with Gasteiger partial charge in [0.1, 0.15) is 79.1 Å². The molecule has 1 aromatic heterocycles. The number of aromatic nitrogens is 1. The fraction of sp³-hybridized carbons (Fsp3) is 0.519. The number of amides is 15. The average molecular weight is 1790 g/mol. The van der Waals surface area contributed by atoms with E-state index in [1.54, 1.807) is 120 Å². The van der Waals surface area contributed by atoms with Crippen molar-refractivity contribution in [2.45, 2.75) is 211 Å². The monoisotopic (exact) mass is 1790 g/mol. The summed E-state index contributed by atoms with van der Waals surface area (Å²) in [5.74, 6) is -22.1. The SMILES string of the molecule is CC(C)[C@@H](NC(=O)[C@@H]1CCCN1C(=O)[C@H](Cc1ccc(Br)cc1)NC(=O)[C@@H](C)NC=O)C(=O)C[C@H](C(=O)N[C@H](Cc1c[nH]c2ccccc12)C(=O)N[C@@H](CCCNC(=N)N)C(=O)N[C@H](CS(=O)(=O)[O-])C(=O)N[C@@H]1C(=O)N(C)[C@@H](CCC(N)=O)C(=O)N[C@H](Cc2ccccc2)C(=O)NC([C@@H](C)O)C(=O)N[C@@H](CC(N)=O)C(=O)NCC(=O)O[C@@H]1C)C(C)(C)C. The van der Waals surface area contributed by atoms with Crippen molar-refractivity contribution < 1.29 is 104 Å². The van der Waals surface area contributed by atoms with Gasteiger partial charge in [0.25, 0.3) is 0 Å².